The van der Waals surface area contributed by atoms with E-state index in [-0.39, 0.29) is 59.5 Å². The Kier molecular flexibility index (Phi) is 10.9. The highest BCUT2D eigenvalue weighted by Crippen LogP contribution is 2.30. The van der Waals surface area contributed by atoms with Gasteiger partial charge in [-0.25, -0.2) is 10.9 Å². The molecule has 1 aliphatic carbocycles. The van der Waals surface area contributed by atoms with Crippen LogP contribution >= 0.6 is 11.8 Å². The van der Waals surface area contributed by atoms with E-state index in [4.69, 9.17) is 14.2 Å². The third-order valence-electron chi connectivity index (χ3n) is 7.79. The van der Waals surface area contributed by atoms with Gasteiger partial charge >= 0.3 is 0 Å². The van der Waals surface area contributed by atoms with E-state index < -0.39 is 0 Å². The Labute approximate surface area is 220 Å². The van der Waals surface area contributed by atoms with Crippen LogP contribution in [0.15, 0.2) is 0 Å². The summed E-state index contributed by atoms with van der Waals surface area (Å²) in [5, 5.41) is 6.83. The summed E-state index contributed by atoms with van der Waals surface area (Å²) in [5.41, 5.74) is 6.78. The van der Waals surface area contributed by atoms with Crippen molar-refractivity contribution in [3.63, 3.8) is 0 Å². The summed E-state index contributed by atoms with van der Waals surface area (Å²) in [4.78, 5) is 25.4. The van der Waals surface area contributed by atoms with E-state index in [9.17, 15) is 9.59 Å². The Bertz CT molecular complexity index is 716. The fourth-order valence-electron chi connectivity index (χ4n) is 5.80. The number of rotatable bonds is 11. The van der Waals surface area contributed by atoms with Crippen LogP contribution in [-0.2, 0) is 23.8 Å². The van der Waals surface area contributed by atoms with Gasteiger partial charge in [0, 0.05) is 32.2 Å². The third kappa shape index (κ3) is 7.65. The van der Waals surface area contributed by atoms with Crippen molar-refractivity contribution in [2.24, 2.45) is 11.8 Å². The lowest BCUT2D eigenvalue weighted by molar-refractivity contribution is -0.127. The van der Waals surface area contributed by atoms with E-state index in [0.717, 1.165) is 51.7 Å². The molecule has 0 aromatic carbocycles. The fourth-order valence-corrected chi connectivity index (χ4v) is 6.77. The molecule has 3 aliphatic heterocycles. The zero-order chi connectivity index (χ0) is 25.5. The molecule has 4 fully saturated rings. The summed E-state index contributed by atoms with van der Waals surface area (Å²) < 4.78 is 18.1. The van der Waals surface area contributed by atoms with Crippen LogP contribution in [0, 0.1) is 11.8 Å². The molecule has 0 spiro atoms. The molecular weight excluding hydrogens is 480 g/mol. The highest BCUT2D eigenvalue weighted by molar-refractivity contribution is 8.00. The molecule has 8 unspecified atom stereocenters. The maximum atomic E-state index is 13.2. The molecule has 9 nitrogen and oxygen atoms in total. The molecule has 4 N–H and O–H groups in total. The molecular formula is C26H46N4O5S. The Morgan fingerprint density at radius 1 is 1.03 bits per heavy atom. The minimum atomic E-state index is -0.104. The van der Waals surface area contributed by atoms with Crippen molar-refractivity contribution in [1.29, 1.82) is 0 Å². The lowest BCUT2D eigenvalue weighted by atomic mass is 9.81. The van der Waals surface area contributed by atoms with E-state index in [0.29, 0.717) is 31.1 Å². The van der Waals surface area contributed by atoms with Gasteiger partial charge in [-0.15, -0.1) is 11.8 Å². The largest absolute Gasteiger partial charge is 0.377 e. The maximum absolute atomic E-state index is 13.2. The number of amides is 1. The van der Waals surface area contributed by atoms with Crippen molar-refractivity contribution in [2.45, 2.75) is 114 Å². The van der Waals surface area contributed by atoms with E-state index >= 15 is 0 Å². The lowest BCUT2D eigenvalue weighted by Crippen LogP contribution is -2.72. The Morgan fingerprint density at radius 3 is 2.39 bits per heavy atom. The van der Waals surface area contributed by atoms with Gasteiger partial charge in [0.1, 0.15) is 11.3 Å². The van der Waals surface area contributed by atoms with Gasteiger partial charge in [0.25, 0.3) is 0 Å². The minimum absolute atomic E-state index is 0.0169. The van der Waals surface area contributed by atoms with Crippen LogP contribution < -0.4 is 21.5 Å². The first kappa shape index (κ1) is 28.3. The van der Waals surface area contributed by atoms with Crippen molar-refractivity contribution in [1.82, 2.24) is 21.5 Å². The second kappa shape index (κ2) is 13.9. The van der Waals surface area contributed by atoms with Gasteiger partial charge in [0.15, 0.2) is 0 Å². The summed E-state index contributed by atoms with van der Waals surface area (Å²) in [6.07, 6.45) is 7.30. The number of thioether (sulfide) groups is 1. The van der Waals surface area contributed by atoms with Crippen LogP contribution in [0.2, 0.25) is 0 Å². The normalized spacial score (nSPS) is 37.3. The average molecular weight is 527 g/mol. The van der Waals surface area contributed by atoms with Crippen molar-refractivity contribution in [2.75, 3.05) is 25.6 Å². The molecule has 4 rings (SSSR count). The summed E-state index contributed by atoms with van der Waals surface area (Å²) in [5.74, 6) is 1.07. The summed E-state index contributed by atoms with van der Waals surface area (Å²) >= 11 is 1.59. The van der Waals surface area contributed by atoms with Gasteiger partial charge in [-0.1, -0.05) is 20.8 Å². The second-order valence-corrected chi connectivity index (χ2v) is 12.2. The number of ketones is 1. The molecule has 0 radical (unpaired) electrons. The van der Waals surface area contributed by atoms with Gasteiger partial charge in [-0.05, 0) is 50.9 Å². The van der Waals surface area contributed by atoms with Gasteiger partial charge < -0.3 is 19.5 Å². The number of carbonyl (C=O) groups excluding carboxylic acids is 2. The molecule has 8 atom stereocenters. The molecule has 3 saturated heterocycles. The fraction of sp³-hybridized carbons (Fsp3) is 0.923. The first-order chi connectivity index (χ1) is 17.4. The van der Waals surface area contributed by atoms with Crippen LogP contribution in [0.5, 0.6) is 0 Å². The predicted octanol–water partition coefficient (Wildman–Crippen LogP) is 2.10. The SMILES string of the molecule is CCC(=O)NC1CC(C(=O)CSC2NNC(C3CCCO3)C(C3CCCO3)N2)CCC1OCC(C)C. The van der Waals surface area contributed by atoms with Gasteiger partial charge in [-0.3, -0.25) is 14.9 Å². The quantitative estimate of drug-likeness (QED) is 0.322. The zero-order valence-corrected chi connectivity index (χ0v) is 22.9. The molecule has 10 heteroatoms. The monoisotopic (exact) mass is 526 g/mol. The summed E-state index contributed by atoms with van der Waals surface area (Å²) in [7, 11) is 0. The van der Waals surface area contributed by atoms with Gasteiger partial charge in [0.2, 0.25) is 5.91 Å². The molecule has 0 aromatic heterocycles. The molecule has 206 valence electrons. The second-order valence-electron chi connectivity index (χ2n) is 11.1. The van der Waals surface area contributed by atoms with Crippen molar-refractivity contribution in [3.05, 3.63) is 0 Å². The molecule has 0 aromatic rings. The van der Waals surface area contributed by atoms with Crippen LogP contribution in [0.3, 0.4) is 0 Å². The highest BCUT2D eigenvalue weighted by atomic mass is 32.2. The molecule has 3 heterocycles. The van der Waals surface area contributed by atoms with Crippen LogP contribution in [-0.4, -0.2) is 79.2 Å². The van der Waals surface area contributed by atoms with Gasteiger partial charge in [0.05, 0.1) is 42.2 Å². The molecule has 0 bridgehead atoms. The minimum Gasteiger partial charge on any atom is -0.377 e. The number of ether oxygens (including phenoxy) is 3. The van der Waals surface area contributed by atoms with Crippen LogP contribution in [0.25, 0.3) is 0 Å². The first-order valence-electron chi connectivity index (χ1n) is 14.0. The van der Waals surface area contributed by atoms with Crippen LogP contribution in [0.4, 0.5) is 0 Å². The Hall–Kier alpha value is -0.750. The topological polar surface area (TPSA) is 110 Å². The molecule has 1 amide bonds. The zero-order valence-electron chi connectivity index (χ0n) is 22.1. The molecule has 36 heavy (non-hydrogen) atoms. The van der Waals surface area contributed by atoms with E-state index in [2.05, 4.69) is 35.3 Å². The molecule has 1 saturated carbocycles. The van der Waals surface area contributed by atoms with E-state index in [1.54, 1.807) is 11.8 Å². The van der Waals surface area contributed by atoms with E-state index in [1.165, 1.54) is 0 Å². The van der Waals surface area contributed by atoms with E-state index in [1.807, 2.05) is 6.92 Å². The van der Waals surface area contributed by atoms with Crippen molar-refractivity contribution < 1.29 is 23.8 Å². The Morgan fingerprint density at radius 2 is 1.75 bits per heavy atom. The number of Topliss-reactive ketones (excluding diaryl/α,β-unsaturated/α-hetero) is 1. The standard InChI is InChI=1S/C26H46N4O5S/c1-4-23(32)27-18-13-17(9-10-20(18)35-14-16(2)3)19(31)15-36-26-28-24(21-7-5-11-33-21)25(29-30-26)22-8-6-12-34-22/h16-18,20-22,24-26,28-30H,4-15H2,1-3H3,(H,27,32). The number of hydrogen-bond acceptors (Lipinski definition) is 9. The van der Waals surface area contributed by atoms with Crippen molar-refractivity contribution in [3.8, 4) is 0 Å². The predicted molar refractivity (Wildman–Crippen MR) is 140 cm³/mol. The smallest absolute Gasteiger partial charge is 0.220 e. The highest BCUT2D eigenvalue weighted by Gasteiger charge is 2.43. The lowest BCUT2D eigenvalue weighted by Gasteiger charge is -2.43. The summed E-state index contributed by atoms with van der Waals surface area (Å²) in [6.45, 7) is 8.40. The Balaban J connectivity index is 1.29. The third-order valence-corrected chi connectivity index (χ3v) is 8.83. The van der Waals surface area contributed by atoms with Crippen LogP contribution in [0.1, 0.15) is 72.1 Å². The maximum Gasteiger partial charge on any atom is 0.220 e. The van der Waals surface area contributed by atoms with Crippen molar-refractivity contribution >= 4 is 23.5 Å². The first-order valence-corrected chi connectivity index (χ1v) is 15.0. The average Bonchev–Trinajstić information content (AvgIpc) is 3.61. The number of carbonyl (C=O) groups is 2. The number of hydrazine groups is 1. The van der Waals surface area contributed by atoms with Gasteiger partial charge in [-0.2, -0.15) is 0 Å². The number of nitrogens with one attached hydrogen (secondary N) is 4. The molecule has 4 aliphatic rings. The number of hydrogen-bond donors (Lipinski definition) is 4. The summed E-state index contributed by atoms with van der Waals surface area (Å²) in [6, 6.07) is 0.186.